The molecular formula is C20H25FN2O2. The van der Waals surface area contributed by atoms with Crippen molar-refractivity contribution < 1.29 is 13.9 Å². The number of ether oxygens (including phenoxy) is 1. The molecule has 0 saturated carbocycles. The molecule has 2 amide bonds. The molecule has 2 rings (SSSR count). The van der Waals surface area contributed by atoms with Crippen LogP contribution < -0.4 is 15.4 Å². The first-order valence-electron chi connectivity index (χ1n) is 8.49. The summed E-state index contributed by atoms with van der Waals surface area (Å²) in [7, 11) is 1.64. The number of methoxy groups -OCH3 is 1. The van der Waals surface area contributed by atoms with E-state index in [-0.39, 0.29) is 17.9 Å². The van der Waals surface area contributed by atoms with Crippen LogP contribution in [-0.4, -0.2) is 25.7 Å². The lowest BCUT2D eigenvalue weighted by Gasteiger charge is -2.15. The van der Waals surface area contributed by atoms with Crippen LogP contribution in [0.25, 0.3) is 0 Å². The molecule has 1 unspecified atom stereocenters. The summed E-state index contributed by atoms with van der Waals surface area (Å²) in [6.07, 6.45) is 2.19. The molecule has 2 N–H and O–H groups in total. The summed E-state index contributed by atoms with van der Waals surface area (Å²) in [4.78, 5) is 11.9. The van der Waals surface area contributed by atoms with Gasteiger partial charge in [-0.25, -0.2) is 9.18 Å². The van der Waals surface area contributed by atoms with Crippen molar-refractivity contribution in [3.63, 3.8) is 0 Å². The molecular weight excluding hydrogens is 319 g/mol. The number of rotatable bonds is 8. The van der Waals surface area contributed by atoms with Crippen molar-refractivity contribution in [2.45, 2.75) is 32.2 Å². The lowest BCUT2D eigenvalue weighted by atomic mass is 10.1. The molecule has 0 heterocycles. The third-order valence-electron chi connectivity index (χ3n) is 4.04. The second kappa shape index (κ2) is 9.67. The smallest absolute Gasteiger partial charge is 0.315 e. The van der Waals surface area contributed by atoms with E-state index < -0.39 is 0 Å². The quantitative estimate of drug-likeness (QED) is 0.767. The zero-order valence-corrected chi connectivity index (χ0v) is 14.7. The second-order valence-corrected chi connectivity index (χ2v) is 6.03. The number of carbonyl (C=O) groups excluding carboxylic acids is 1. The van der Waals surface area contributed by atoms with E-state index in [9.17, 15) is 9.18 Å². The maximum absolute atomic E-state index is 13.5. The van der Waals surface area contributed by atoms with E-state index in [1.165, 1.54) is 11.6 Å². The van der Waals surface area contributed by atoms with Gasteiger partial charge < -0.3 is 15.4 Å². The van der Waals surface area contributed by atoms with Gasteiger partial charge in [-0.1, -0.05) is 30.3 Å². The van der Waals surface area contributed by atoms with Crippen molar-refractivity contribution in [2.24, 2.45) is 0 Å². The SMILES string of the molecule is COc1ccc(CCC(C)NC(=O)NCCc2ccccc2F)cc1. The number of hydrogen-bond donors (Lipinski definition) is 2. The summed E-state index contributed by atoms with van der Waals surface area (Å²) in [5.41, 5.74) is 1.81. The minimum atomic E-state index is -0.238. The van der Waals surface area contributed by atoms with E-state index >= 15 is 0 Å². The van der Waals surface area contributed by atoms with Crippen LogP contribution in [0.5, 0.6) is 5.75 Å². The number of halogens is 1. The summed E-state index contributed by atoms with van der Waals surface area (Å²) in [5, 5.41) is 5.67. The largest absolute Gasteiger partial charge is 0.497 e. The summed E-state index contributed by atoms with van der Waals surface area (Å²) in [6, 6.07) is 14.4. The molecule has 0 aliphatic heterocycles. The van der Waals surface area contributed by atoms with E-state index in [1.807, 2.05) is 31.2 Å². The average Bonchev–Trinajstić information content (AvgIpc) is 2.62. The highest BCUT2D eigenvalue weighted by Gasteiger charge is 2.08. The van der Waals surface area contributed by atoms with Crippen LogP contribution in [0.2, 0.25) is 0 Å². The number of aryl methyl sites for hydroxylation is 1. The third kappa shape index (κ3) is 6.45. The molecule has 0 aliphatic carbocycles. The summed E-state index contributed by atoms with van der Waals surface area (Å²) < 4.78 is 18.6. The van der Waals surface area contributed by atoms with Crippen molar-refractivity contribution in [1.29, 1.82) is 0 Å². The second-order valence-electron chi connectivity index (χ2n) is 6.03. The van der Waals surface area contributed by atoms with Gasteiger partial charge in [0, 0.05) is 12.6 Å². The van der Waals surface area contributed by atoms with Crippen LogP contribution in [0.1, 0.15) is 24.5 Å². The maximum atomic E-state index is 13.5. The number of amides is 2. The Kier molecular flexibility index (Phi) is 7.26. The highest BCUT2D eigenvalue weighted by atomic mass is 19.1. The van der Waals surface area contributed by atoms with Crippen molar-refractivity contribution in [3.05, 3.63) is 65.5 Å². The lowest BCUT2D eigenvalue weighted by molar-refractivity contribution is 0.237. The third-order valence-corrected chi connectivity index (χ3v) is 4.04. The molecule has 2 aromatic carbocycles. The molecule has 1 atom stereocenters. The van der Waals surface area contributed by atoms with Gasteiger partial charge in [0.05, 0.1) is 7.11 Å². The van der Waals surface area contributed by atoms with E-state index in [0.29, 0.717) is 18.5 Å². The first kappa shape index (κ1) is 18.8. The van der Waals surface area contributed by atoms with Gasteiger partial charge >= 0.3 is 6.03 Å². The lowest BCUT2D eigenvalue weighted by Crippen LogP contribution is -2.41. The predicted octanol–water partition coefficient (Wildman–Crippen LogP) is 3.70. The van der Waals surface area contributed by atoms with Crippen LogP contribution in [-0.2, 0) is 12.8 Å². The molecule has 5 heteroatoms. The van der Waals surface area contributed by atoms with Gasteiger partial charge in [-0.05, 0) is 55.5 Å². The molecule has 2 aromatic rings. The van der Waals surface area contributed by atoms with Crippen molar-refractivity contribution in [3.8, 4) is 5.75 Å². The summed E-state index contributed by atoms with van der Waals surface area (Å²) in [5.74, 6) is 0.599. The van der Waals surface area contributed by atoms with Gasteiger partial charge in [0.15, 0.2) is 0 Å². The van der Waals surface area contributed by atoms with E-state index in [1.54, 1.807) is 25.3 Å². The first-order valence-corrected chi connectivity index (χ1v) is 8.49. The topological polar surface area (TPSA) is 50.4 Å². The number of urea groups is 1. The Morgan fingerprint density at radius 3 is 2.52 bits per heavy atom. The first-order chi connectivity index (χ1) is 12.1. The molecule has 134 valence electrons. The maximum Gasteiger partial charge on any atom is 0.315 e. The van der Waals surface area contributed by atoms with Gasteiger partial charge in [0.25, 0.3) is 0 Å². The average molecular weight is 344 g/mol. The van der Waals surface area contributed by atoms with Crippen LogP contribution >= 0.6 is 0 Å². The Bertz CT molecular complexity index is 674. The minimum Gasteiger partial charge on any atom is -0.497 e. The zero-order chi connectivity index (χ0) is 18.1. The Hall–Kier alpha value is -2.56. The molecule has 0 saturated heterocycles. The fraction of sp³-hybridized carbons (Fsp3) is 0.350. The number of nitrogens with one attached hydrogen (secondary N) is 2. The van der Waals surface area contributed by atoms with Crippen LogP contribution in [0.4, 0.5) is 9.18 Å². The van der Waals surface area contributed by atoms with Crippen molar-refractivity contribution in [2.75, 3.05) is 13.7 Å². The predicted molar refractivity (Wildman–Crippen MR) is 97.4 cm³/mol. The van der Waals surface area contributed by atoms with Crippen molar-refractivity contribution >= 4 is 6.03 Å². The number of hydrogen-bond acceptors (Lipinski definition) is 2. The van der Waals surface area contributed by atoms with Gasteiger partial charge in [-0.15, -0.1) is 0 Å². The molecule has 0 aliphatic rings. The van der Waals surface area contributed by atoms with E-state index in [2.05, 4.69) is 10.6 Å². The van der Waals surface area contributed by atoms with E-state index in [4.69, 9.17) is 4.74 Å². The fourth-order valence-corrected chi connectivity index (χ4v) is 2.53. The Morgan fingerprint density at radius 1 is 1.12 bits per heavy atom. The molecule has 0 spiro atoms. The molecule has 25 heavy (non-hydrogen) atoms. The molecule has 0 bridgehead atoms. The standard InChI is InChI=1S/C20H25FN2O2/c1-15(7-8-16-9-11-18(25-2)12-10-16)23-20(24)22-14-13-17-5-3-4-6-19(17)21/h3-6,9-12,15H,7-8,13-14H2,1-2H3,(H2,22,23,24). The van der Waals surface area contributed by atoms with Crippen LogP contribution in [0.3, 0.4) is 0 Å². The van der Waals surface area contributed by atoms with Gasteiger partial charge in [-0.2, -0.15) is 0 Å². The molecule has 4 nitrogen and oxygen atoms in total. The summed E-state index contributed by atoms with van der Waals surface area (Å²) in [6.45, 7) is 2.37. The van der Waals surface area contributed by atoms with Crippen LogP contribution in [0.15, 0.2) is 48.5 Å². The zero-order valence-electron chi connectivity index (χ0n) is 14.7. The van der Waals surface area contributed by atoms with Gasteiger partial charge in [0.2, 0.25) is 0 Å². The van der Waals surface area contributed by atoms with Gasteiger partial charge in [0.1, 0.15) is 11.6 Å². The van der Waals surface area contributed by atoms with Crippen molar-refractivity contribution in [1.82, 2.24) is 10.6 Å². The van der Waals surface area contributed by atoms with E-state index in [0.717, 1.165) is 18.6 Å². The Labute approximate surface area is 148 Å². The summed E-state index contributed by atoms with van der Waals surface area (Å²) >= 11 is 0. The fourth-order valence-electron chi connectivity index (χ4n) is 2.53. The Balaban J connectivity index is 1.66. The van der Waals surface area contributed by atoms with Crippen LogP contribution in [0, 0.1) is 5.82 Å². The minimum absolute atomic E-state index is 0.0514. The Morgan fingerprint density at radius 2 is 1.84 bits per heavy atom. The normalized spacial score (nSPS) is 11.6. The molecule has 0 fully saturated rings. The number of benzene rings is 2. The highest BCUT2D eigenvalue weighted by molar-refractivity contribution is 5.74. The highest BCUT2D eigenvalue weighted by Crippen LogP contribution is 2.13. The molecule has 0 radical (unpaired) electrons. The monoisotopic (exact) mass is 344 g/mol. The number of carbonyl (C=O) groups is 1. The van der Waals surface area contributed by atoms with Gasteiger partial charge in [-0.3, -0.25) is 0 Å². The molecule has 0 aromatic heterocycles.